The van der Waals surface area contributed by atoms with E-state index in [-0.39, 0.29) is 71.8 Å². The number of nitriles is 1. The lowest BCUT2D eigenvalue weighted by Crippen LogP contribution is -2.08. The van der Waals surface area contributed by atoms with Gasteiger partial charge >= 0.3 is 24.7 Å². The summed E-state index contributed by atoms with van der Waals surface area (Å²) in [6.07, 6.45) is -18.4. The highest BCUT2D eigenvalue weighted by atomic mass is 19.4. The molecular formula is C40H18F12N4. The number of pyridine rings is 1. The molecule has 56 heavy (non-hydrogen) atoms. The van der Waals surface area contributed by atoms with E-state index in [4.69, 9.17) is 0 Å². The first-order valence-electron chi connectivity index (χ1n) is 16.2. The van der Waals surface area contributed by atoms with Gasteiger partial charge in [-0.25, -0.2) is 4.98 Å². The van der Waals surface area contributed by atoms with Crippen LogP contribution in [0.25, 0.3) is 66.2 Å². The van der Waals surface area contributed by atoms with Gasteiger partial charge in [0.05, 0.1) is 67.8 Å². The monoisotopic (exact) mass is 782 g/mol. The van der Waals surface area contributed by atoms with E-state index < -0.39 is 47.0 Å². The second kappa shape index (κ2) is 12.3. The second-order valence-electron chi connectivity index (χ2n) is 12.8. The van der Waals surface area contributed by atoms with Gasteiger partial charge in [0.2, 0.25) is 0 Å². The number of alkyl halides is 12. The molecule has 3 aromatic heterocycles. The van der Waals surface area contributed by atoms with Gasteiger partial charge in [-0.2, -0.15) is 57.9 Å². The highest BCUT2D eigenvalue weighted by Crippen LogP contribution is 2.44. The molecule has 0 atom stereocenters. The molecule has 0 radical (unpaired) electrons. The van der Waals surface area contributed by atoms with Gasteiger partial charge in [0.1, 0.15) is 5.82 Å². The van der Waals surface area contributed by atoms with Crippen molar-refractivity contribution in [3.63, 3.8) is 0 Å². The number of halogens is 12. The van der Waals surface area contributed by atoms with Crippen LogP contribution >= 0.6 is 0 Å². The SMILES string of the molecule is N#Cc1cccc(-c2cc(-n3c4cc(C(F)(F)F)ccc4c4ccc(C(F)(F)F)cc43)ncc2-n2c3cc(C(F)(F)F)ccc3c3ccc(C(F)(F)F)cc32)c1. The first-order chi connectivity index (χ1) is 26.2. The second-order valence-corrected chi connectivity index (χ2v) is 12.8. The Morgan fingerprint density at radius 2 is 0.857 bits per heavy atom. The minimum atomic E-state index is -4.88. The molecule has 282 valence electrons. The summed E-state index contributed by atoms with van der Waals surface area (Å²) in [6.45, 7) is 0. The van der Waals surface area contributed by atoms with Gasteiger partial charge in [-0.3, -0.25) is 4.57 Å². The number of fused-ring (bicyclic) bond motifs is 6. The van der Waals surface area contributed by atoms with Gasteiger partial charge in [0.25, 0.3) is 0 Å². The predicted molar refractivity (Wildman–Crippen MR) is 183 cm³/mol. The van der Waals surface area contributed by atoms with Crippen LogP contribution in [0.5, 0.6) is 0 Å². The van der Waals surface area contributed by atoms with E-state index in [1.54, 1.807) is 0 Å². The standard InChI is InChI=1S/C40H18F12N4/c41-37(42,43)22-4-8-26-27-9-5-23(38(44,45)46)14-32(27)55(31(26)13-22)35-19-54-36(17-30(35)21-3-1-2-20(12-21)18-53)56-33-15-24(39(47,48)49)6-10-28(33)29-11-7-25(16-34(29)56)40(50,51)52/h1-17,19H. The van der Waals surface area contributed by atoms with Crippen LogP contribution in [0.3, 0.4) is 0 Å². The Bertz CT molecular complexity index is 2790. The Morgan fingerprint density at radius 3 is 1.23 bits per heavy atom. The van der Waals surface area contributed by atoms with Crippen molar-refractivity contribution < 1.29 is 52.7 Å². The quantitative estimate of drug-likeness (QED) is 0.168. The van der Waals surface area contributed by atoms with E-state index in [1.807, 2.05) is 6.07 Å². The van der Waals surface area contributed by atoms with Crippen molar-refractivity contribution in [2.24, 2.45) is 0 Å². The molecule has 16 heteroatoms. The lowest BCUT2D eigenvalue weighted by Gasteiger charge is -2.18. The number of nitrogens with zero attached hydrogens (tertiary/aromatic N) is 4. The van der Waals surface area contributed by atoms with Crippen molar-refractivity contribution in [1.29, 1.82) is 5.26 Å². The predicted octanol–water partition coefficient (Wildman–Crippen LogP) is 12.9. The largest absolute Gasteiger partial charge is 0.416 e. The molecule has 0 saturated carbocycles. The first-order valence-corrected chi connectivity index (χ1v) is 16.2. The number of hydrogen-bond acceptors (Lipinski definition) is 2. The molecule has 0 bridgehead atoms. The summed E-state index contributed by atoms with van der Waals surface area (Å²) in [5.41, 5.74) is -5.16. The topological polar surface area (TPSA) is 46.5 Å². The molecule has 0 amide bonds. The van der Waals surface area contributed by atoms with E-state index in [0.29, 0.717) is 0 Å². The Morgan fingerprint density at radius 1 is 0.464 bits per heavy atom. The fraction of sp³-hybridized carbons (Fsp3) is 0.100. The van der Waals surface area contributed by atoms with Gasteiger partial charge in [-0.15, -0.1) is 0 Å². The van der Waals surface area contributed by atoms with Crippen molar-refractivity contribution in [1.82, 2.24) is 14.1 Å². The van der Waals surface area contributed by atoms with E-state index in [2.05, 4.69) is 4.98 Å². The number of benzene rings is 5. The van der Waals surface area contributed by atoms with Crippen molar-refractivity contribution in [3.8, 4) is 28.7 Å². The highest BCUT2D eigenvalue weighted by Gasteiger charge is 2.35. The molecule has 0 spiro atoms. The zero-order valence-corrected chi connectivity index (χ0v) is 27.7. The number of hydrogen-bond donors (Lipinski definition) is 0. The Labute approximate surface area is 306 Å². The smallest absolute Gasteiger partial charge is 0.307 e. The molecular weight excluding hydrogens is 764 g/mol. The van der Waals surface area contributed by atoms with Gasteiger partial charge in [0.15, 0.2) is 0 Å². The molecule has 0 aliphatic heterocycles. The summed E-state index contributed by atoms with van der Waals surface area (Å²) in [5.74, 6) is -0.252. The molecule has 0 saturated heterocycles. The lowest BCUT2D eigenvalue weighted by molar-refractivity contribution is -0.138. The van der Waals surface area contributed by atoms with Gasteiger partial charge in [-0.05, 0) is 72.3 Å². The molecule has 0 unspecified atom stereocenters. The van der Waals surface area contributed by atoms with Crippen molar-refractivity contribution in [3.05, 3.63) is 137 Å². The summed E-state index contributed by atoms with van der Waals surface area (Å²) < 4.78 is 171. The summed E-state index contributed by atoms with van der Waals surface area (Å²) in [6, 6.07) is 19.3. The third kappa shape index (κ3) is 6.03. The molecule has 8 aromatic rings. The highest BCUT2D eigenvalue weighted by molar-refractivity contribution is 6.11. The molecule has 3 heterocycles. The average molecular weight is 783 g/mol. The third-order valence-corrected chi connectivity index (χ3v) is 9.49. The van der Waals surface area contributed by atoms with Crippen LogP contribution in [0.2, 0.25) is 0 Å². The normalized spacial score (nSPS) is 13.0. The molecule has 0 N–H and O–H groups in total. The number of aromatic nitrogens is 3. The van der Waals surface area contributed by atoms with E-state index in [9.17, 15) is 57.9 Å². The van der Waals surface area contributed by atoms with Gasteiger partial charge in [-0.1, -0.05) is 36.4 Å². The van der Waals surface area contributed by atoms with Crippen molar-refractivity contribution in [2.45, 2.75) is 24.7 Å². The van der Waals surface area contributed by atoms with Gasteiger partial charge in [0, 0.05) is 27.1 Å². The third-order valence-electron chi connectivity index (χ3n) is 9.49. The molecule has 0 aliphatic rings. The maximum absolute atomic E-state index is 14.1. The van der Waals surface area contributed by atoms with Crippen LogP contribution in [-0.2, 0) is 24.7 Å². The maximum atomic E-state index is 14.1. The average Bonchev–Trinajstić information content (AvgIpc) is 3.64. The Hall–Kier alpha value is -6.50. The molecule has 0 fully saturated rings. The minimum Gasteiger partial charge on any atom is -0.307 e. The summed E-state index contributed by atoms with van der Waals surface area (Å²) >= 11 is 0. The summed E-state index contributed by atoms with van der Waals surface area (Å²) in [5, 5.41) is 10.2. The fourth-order valence-electron chi connectivity index (χ4n) is 6.97. The molecule has 4 nitrogen and oxygen atoms in total. The van der Waals surface area contributed by atoms with Crippen LogP contribution in [0.15, 0.2) is 109 Å². The van der Waals surface area contributed by atoms with Crippen LogP contribution < -0.4 is 0 Å². The lowest BCUT2D eigenvalue weighted by atomic mass is 10.0. The maximum Gasteiger partial charge on any atom is 0.416 e. The Balaban J connectivity index is 1.52. The zero-order valence-electron chi connectivity index (χ0n) is 27.7. The van der Waals surface area contributed by atoms with E-state index in [1.165, 1.54) is 30.3 Å². The van der Waals surface area contributed by atoms with Crippen LogP contribution in [0, 0.1) is 11.3 Å². The van der Waals surface area contributed by atoms with Crippen LogP contribution in [0.1, 0.15) is 27.8 Å². The van der Waals surface area contributed by atoms with E-state index in [0.717, 1.165) is 88.1 Å². The summed E-state index contributed by atoms with van der Waals surface area (Å²) in [7, 11) is 0. The van der Waals surface area contributed by atoms with Crippen molar-refractivity contribution >= 4 is 43.6 Å². The number of rotatable bonds is 3. The summed E-state index contributed by atoms with van der Waals surface area (Å²) in [4.78, 5) is 4.42. The van der Waals surface area contributed by atoms with Gasteiger partial charge < -0.3 is 4.57 Å². The minimum absolute atomic E-state index is 0.00896. The first kappa shape index (κ1) is 36.5. The van der Waals surface area contributed by atoms with Crippen molar-refractivity contribution in [2.75, 3.05) is 0 Å². The fourth-order valence-corrected chi connectivity index (χ4v) is 6.97. The zero-order chi connectivity index (χ0) is 40.1. The van der Waals surface area contributed by atoms with Crippen LogP contribution in [0.4, 0.5) is 52.7 Å². The molecule has 0 aliphatic carbocycles. The Kier molecular flexibility index (Phi) is 7.98. The van der Waals surface area contributed by atoms with E-state index >= 15 is 0 Å². The molecule has 8 rings (SSSR count). The molecule has 5 aromatic carbocycles. The van der Waals surface area contributed by atoms with Crippen LogP contribution in [-0.4, -0.2) is 14.1 Å².